The summed E-state index contributed by atoms with van der Waals surface area (Å²) in [6.45, 7) is 6.24. The molecule has 0 aliphatic heterocycles. The Kier molecular flexibility index (Phi) is 5.38. The zero-order valence-corrected chi connectivity index (χ0v) is 20.8. The third-order valence-electron chi connectivity index (χ3n) is 8.33. The average Bonchev–Trinajstić information content (AvgIpc) is 3.29. The van der Waals surface area contributed by atoms with Crippen molar-refractivity contribution in [2.75, 3.05) is 0 Å². The Balaban J connectivity index is 1.45. The zero-order valence-electron chi connectivity index (χ0n) is 20.8. The van der Waals surface area contributed by atoms with Crippen LogP contribution in [-0.2, 0) is 5.41 Å². The molecule has 4 aromatic rings. The molecule has 3 atom stereocenters. The smallest absolute Gasteiger partial charge is 0.156 e. The van der Waals surface area contributed by atoms with Crippen molar-refractivity contribution in [3.8, 4) is 22.5 Å². The molecule has 188 valence electrons. The lowest BCUT2D eigenvalue weighted by molar-refractivity contribution is 0.163. The van der Waals surface area contributed by atoms with E-state index in [0.717, 1.165) is 29.8 Å². The largest absolute Gasteiger partial charge is 0.385 e. The van der Waals surface area contributed by atoms with Crippen molar-refractivity contribution < 1.29 is 13.9 Å². The van der Waals surface area contributed by atoms with E-state index in [1.165, 1.54) is 18.2 Å². The van der Waals surface area contributed by atoms with Crippen molar-refractivity contribution in [2.45, 2.75) is 57.5 Å². The number of rotatable bonds is 5. The standard InChI is InChI=1S/C28H26F2N6O/c1-4-22(37)26-32-11-15(12-33-26)21-13-31-14-23(34-21)28-9-8-17(27(28,2)3)16-10-20(35-36-25(16)28)24-18(29)6-5-7-19(24)30/h5-7,10-14,17,22,37H,4,8-9H2,1-3H3/t17-,22-,28-/m0/s1. The highest BCUT2D eigenvalue weighted by Crippen LogP contribution is 2.69. The van der Waals surface area contributed by atoms with Crippen molar-refractivity contribution in [3.05, 3.63) is 83.5 Å². The first kappa shape index (κ1) is 23.7. The molecule has 1 N–H and O–H groups in total. The minimum absolute atomic E-state index is 0.134. The number of benzene rings is 1. The molecule has 3 aromatic heterocycles. The first-order valence-electron chi connectivity index (χ1n) is 12.4. The molecule has 1 saturated carbocycles. The molecular weight excluding hydrogens is 474 g/mol. The van der Waals surface area contributed by atoms with Crippen molar-refractivity contribution in [3.63, 3.8) is 0 Å². The Morgan fingerprint density at radius 2 is 1.76 bits per heavy atom. The fraction of sp³-hybridized carbons (Fsp3) is 0.357. The molecule has 0 radical (unpaired) electrons. The fourth-order valence-corrected chi connectivity index (χ4v) is 6.29. The maximum Gasteiger partial charge on any atom is 0.156 e. The fourth-order valence-electron chi connectivity index (χ4n) is 6.29. The second kappa shape index (κ2) is 8.41. The number of nitrogens with zero attached hydrogens (tertiary/aromatic N) is 6. The van der Waals surface area contributed by atoms with Gasteiger partial charge >= 0.3 is 0 Å². The summed E-state index contributed by atoms with van der Waals surface area (Å²) < 4.78 is 29.0. The van der Waals surface area contributed by atoms with E-state index in [-0.39, 0.29) is 22.6 Å². The highest BCUT2D eigenvalue weighted by Gasteiger charge is 2.65. The number of aliphatic hydroxyl groups excluding tert-OH is 1. The highest BCUT2D eigenvalue weighted by atomic mass is 19.1. The first-order valence-corrected chi connectivity index (χ1v) is 12.4. The third kappa shape index (κ3) is 3.33. The van der Waals surface area contributed by atoms with E-state index < -0.39 is 23.2 Å². The van der Waals surface area contributed by atoms with Gasteiger partial charge in [-0.1, -0.05) is 26.8 Å². The van der Waals surface area contributed by atoms with Gasteiger partial charge in [-0.15, -0.1) is 5.10 Å². The van der Waals surface area contributed by atoms with Crippen LogP contribution in [0, 0.1) is 17.0 Å². The van der Waals surface area contributed by atoms with Gasteiger partial charge in [-0.3, -0.25) is 4.98 Å². The van der Waals surface area contributed by atoms with Crippen molar-refractivity contribution in [1.82, 2.24) is 30.1 Å². The predicted octanol–water partition coefficient (Wildman–Crippen LogP) is 5.32. The number of hydrogen-bond acceptors (Lipinski definition) is 7. The summed E-state index contributed by atoms with van der Waals surface area (Å²) in [6, 6.07) is 5.58. The second-order valence-corrected chi connectivity index (χ2v) is 10.4. The number of aromatic nitrogens is 6. The Hall–Kier alpha value is -3.72. The van der Waals surface area contributed by atoms with E-state index in [0.29, 0.717) is 23.5 Å². The average molecular weight is 501 g/mol. The van der Waals surface area contributed by atoms with E-state index in [4.69, 9.17) is 4.98 Å². The van der Waals surface area contributed by atoms with Crippen LogP contribution in [0.2, 0.25) is 0 Å². The first-order chi connectivity index (χ1) is 17.8. The zero-order chi connectivity index (χ0) is 25.9. The summed E-state index contributed by atoms with van der Waals surface area (Å²) >= 11 is 0. The summed E-state index contributed by atoms with van der Waals surface area (Å²) in [6.07, 6.45) is 8.25. The molecular formula is C28H26F2N6O. The number of aliphatic hydroxyl groups is 1. The van der Waals surface area contributed by atoms with Gasteiger partial charge in [-0.05, 0) is 54.4 Å². The van der Waals surface area contributed by atoms with E-state index >= 15 is 0 Å². The van der Waals surface area contributed by atoms with Crippen LogP contribution in [0.25, 0.3) is 22.5 Å². The normalized spacial score (nSPS) is 22.2. The molecule has 2 aliphatic rings. The van der Waals surface area contributed by atoms with E-state index in [1.54, 1.807) is 30.9 Å². The molecule has 7 nitrogen and oxygen atoms in total. The third-order valence-corrected chi connectivity index (χ3v) is 8.33. The summed E-state index contributed by atoms with van der Waals surface area (Å²) in [5.41, 5.74) is 3.05. The van der Waals surface area contributed by atoms with Gasteiger partial charge in [0.05, 0.1) is 40.0 Å². The molecule has 2 aliphatic carbocycles. The number of fused-ring (bicyclic) bond motifs is 5. The van der Waals surface area contributed by atoms with Gasteiger partial charge in [0.25, 0.3) is 0 Å². The van der Waals surface area contributed by atoms with Crippen molar-refractivity contribution in [1.29, 1.82) is 0 Å². The van der Waals surface area contributed by atoms with Crippen LogP contribution in [-0.4, -0.2) is 35.2 Å². The SMILES string of the molecule is CC[C@H](O)c1ncc(-c2cncc([C@@]34CC[C@@H](c5cc(-c6c(F)cccc6F)nnc53)C4(C)C)n2)cn1. The predicted molar refractivity (Wildman–Crippen MR) is 132 cm³/mol. The quantitative estimate of drug-likeness (QED) is 0.396. The van der Waals surface area contributed by atoms with E-state index in [9.17, 15) is 13.9 Å². The van der Waals surface area contributed by atoms with Crippen LogP contribution in [0.1, 0.15) is 74.8 Å². The van der Waals surface area contributed by atoms with Gasteiger partial charge in [0.2, 0.25) is 0 Å². The monoisotopic (exact) mass is 500 g/mol. The van der Waals surface area contributed by atoms with Crippen LogP contribution in [0.15, 0.2) is 49.1 Å². The number of halogens is 2. The van der Waals surface area contributed by atoms with Crippen LogP contribution < -0.4 is 0 Å². The van der Waals surface area contributed by atoms with Gasteiger partial charge in [0, 0.05) is 24.2 Å². The molecule has 3 heterocycles. The summed E-state index contributed by atoms with van der Waals surface area (Å²) in [4.78, 5) is 18.1. The lowest BCUT2D eigenvalue weighted by atomic mass is 9.66. The maximum atomic E-state index is 14.5. The molecule has 1 fully saturated rings. The molecule has 0 saturated heterocycles. The Morgan fingerprint density at radius 3 is 2.46 bits per heavy atom. The summed E-state index contributed by atoms with van der Waals surface area (Å²) in [5, 5.41) is 18.9. The van der Waals surface area contributed by atoms with E-state index in [1.807, 2.05) is 6.92 Å². The maximum absolute atomic E-state index is 14.5. The lowest BCUT2D eigenvalue weighted by Gasteiger charge is -2.37. The molecule has 0 unspecified atom stereocenters. The highest BCUT2D eigenvalue weighted by molar-refractivity contribution is 5.64. The van der Waals surface area contributed by atoms with Crippen LogP contribution in [0.3, 0.4) is 0 Å². The molecule has 2 bridgehead atoms. The molecule has 0 amide bonds. The minimum Gasteiger partial charge on any atom is -0.385 e. The molecule has 1 aromatic carbocycles. The number of hydrogen-bond donors (Lipinski definition) is 1. The minimum atomic E-state index is -0.710. The van der Waals surface area contributed by atoms with Gasteiger partial charge < -0.3 is 5.11 Å². The molecule has 9 heteroatoms. The van der Waals surface area contributed by atoms with Crippen LogP contribution in [0.5, 0.6) is 0 Å². The lowest BCUT2D eigenvalue weighted by Crippen LogP contribution is -2.38. The Bertz CT molecular complexity index is 1490. The van der Waals surface area contributed by atoms with Gasteiger partial charge in [0.1, 0.15) is 17.7 Å². The van der Waals surface area contributed by atoms with Gasteiger partial charge in [-0.2, -0.15) is 5.10 Å². The molecule has 6 rings (SSSR count). The summed E-state index contributed by atoms with van der Waals surface area (Å²) in [5.74, 6) is -0.819. The topological polar surface area (TPSA) is 97.6 Å². The molecule has 0 spiro atoms. The Labute approximate surface area is 213 Å². The second-order valence-electron chi connectivity index (χ2n) is 10.4. The summed E-state index contributed by atoms with van der Waals surface area (Å²) in [7, 11) is 0. The van der Waals surface area contributed by atoms with Gasteiger partial charge in [-0.25, -0.2) is 23.7 Å². The van der Waals surface area contributed by atoms with Gasteiger partial charge in [0.15, 0.2) is 5.82 Å². The van der Waals surface area contributed by atoms with Crippen molar-refractivity contribution in [2.24, 2.45) is 5.41 Å². The van der Waals surface area contributed by atoms with Crippen molar-refractivity contribution >= 4 is 0 Å². The van der Waals surface area contributed by atoms with Crippen LogP contribution >= 0.6 is 0 Å². The molecule has 37 heavy (non-hydrogen) atoms. The Morgan fingerprint density at radius 1 is 1.03 bits per heavy atom. The van der Waals surface area contributed by atoms with Crippen LogP contribution in [0.4, 0.5) is 8.78 Å². The van der Waals surface area contributed by atoms with E-state index in [2.05, 4.69) is 39.0 Å².